The molecule has 1 unspecified atom stereocenters. The van der Waals surface area contributed by atoms with Gasteiger partial charge in [-0.05, 0) is 17.7 Å². The van der Waals surface area contributed by atoms with Crippen LogP contribution >= 0.6 is 0 Å². The number of carbonyl (C=O) groups is 2. The zero-order valence-corrected chi connectivity index (χ0v) is 9.75. The number of aliphatic hydroxyl groups excluding tert-OH is 1. The van der Waals surface area contributed by atoms with E-state index in [2.05, 4.69) is 0 Å². The van der Waals surface area contributed by atoms with Gasteiger partial charge < -0.3 is 15.1 Å². The number of aliphatic carboxylic acids is 1. The Hall–Kier alpha value is -1.88. The lowest BCUT2D eigenvalue weighted by Crippen LogP contribution is -2.23. The Kier molecular flexibility index (Phi) is 4.23. The molecule has 0 radical (unpaired) electrons. The normalized spacial score (nSPS) is 11.9. The molecule has 0 heterocycles. The fourth-order valence-corrected chi connectivity index (χ4v) is 1.35. The summed E-state index contributed by atoms with van der Waals surface area (Å²) in [4.78, 5) is 23.5. The first-order valence-electron chi connectivity index (χ1n) is 5.13. The second-order valence-electron chi connectivity index (χ2n) is 3.95. The Balaban J connectivity index is 2.75. The van der Waals surface area contributed by atoms with Gasteiger partial charge in [-0.2, -0.15) is 0 Å². The van der Waals surface area contributed by atoms with Gasteiger partial charge >= 0.3 is 5.97 Å². The molecule has 0 aliphatic heterocycles. The maximum Gasteiger partial charge on any atom is 0.332 e. The number of rotatable bonds is 4. The summed E-state index contributed by atoms with van der Waals surface area (Å²) in [5.74, 6) is -1.37. The highest BCUT2D eigenvalue weighted by atomic mass is 16.4. The van der Waals surface area contributed by atoms with E-state index in [1.165, 1.54) is 4.90 Å². The molecule has 1 amide bonds. The van der Waals surface area contributed by atoms with Crippen molar-refractivity contribution in [2.45, 2.75) is 12.5 Å². The van der Waals surface area contributed by atoms with Gasteiger partial charge in [0.15, 0.2) is 6.10 Å². The molecule has 0 aliphatic rings. The standard InChI is InChI=1S/C12H15NO4/c1-13(2)11(15)9-5-3-8(4-6-9)7-10(14)12(16)17/h3-6,10,14H,7H2,1-2H3,(H,16,17). The molecule has 1 atom stereocenters. The van der Waals surface area contributed by atoms with Crippen molar-refractivity contribution in [3.05, 3.63) is 35.4 Å². The van der Waals surface area contributed by atoms with Crippen molar-refractivity contribution in [1.82, 2.24) is 4.90 Å². The Morgan fingerprint density at radius 1 is 1.24 bits per heavy atom. The van der Waals surface area contributed by atoms with E-state index in [4.69, 9.17) is 5.11 Å². The molecule has 1 aromatic carbocycles. The molecular formula is C12H15NO4. The number of carboxylic acid groups (broad SMARTS) is 1. The van der Waals surface area contributed by atoms with E-state index in [0.717, 1.165) is 0 Å². The fraction of sp³-hybridized carbons (Fsp3) is 0.333. The van der Waals surface area contributed by atoms with Gasteiger partial charge in [-0.1, -0.05) is 12.1 Å². The van der Waals surface area contributed by atoms with Crippen molar-refractivity contribution in [2.75, 3.05) is 14.1 Å². The summed E-state index contributed by atoms with van der Waals surface area (Å²) >= 11 is 0. The van der Waals surface area contributed by atoms with Crippen LogP contribution in [0, 0.1) is 0 Å². The molecule has 0 saturated carbocycles. The fourth-order valence-electron chi connectivity index (χ4n) is 1.35. The Morgan fingerprint density at radius 3 is 2.18 bits per heavy atom. The summed E-state index contributed by atoms with van der Waals surface area (Å²) in [6.45, 7) is 0. The van der Waals surface area contributed by atoms with Crippen molar-refractivity contribution in [2.24, 2.45) is 0 Å². The number of carbonyl (C=O) groups excluding carboxylic acids is 1. The van der Waals surface area contributed by atoms with E-state index in [1.807, 2.05) is 0 Å². The van der Waals surface area contributed by atoms with E-state index in [-0.39, 0.29) is 12.3 Å². The van der Waals surface area contributed by atoms with Gasteiger partial charge in [0.1, 0.15) is 0 Å². The second kappa shape index (κ2) is 5.45. The minimum absolute atomic E-state index is 0.0335. The van der Waals surface area contributed by atoms with Gasteiger partial charge in [-0.3, -0.25) is 4.79 Å². The number of benzene rings is 1. The smallest absolute Gasteiger partial charge is 0.332 e. The summed E-state index contributed by atoms with van der Waals surface area (Å²) < 4.78 is 0. The third kappa shape index (κ3) is 3.57. The molecule has 2 N–H and O–H groups in total. The second-order valence-corrected chi connectivity index (χ2v) is 3.95. The van der Waals surface area contributed by atoms with Crippen molar-refractivity contribution < 1.29 is 19.8 Å². The molecule has 92 valence electrons. The van der Waals surface area contributed by atoms with Gasteiger partial charge in [0.2, 0.25) is 0 Å². The first kappa shape index (κ1) is 13.2. The van der Waals surface area contributed by atoms with E-state index in [1.54, 1.807) is 38.4 Å². The van der Waals surface area contributed by atoms with Crippen molar-refractivity contribution in [3.8, 4) is 0 Å². The highest BCUT2D eigenvalue weighted by Gasteiger charge is 2.14. The van der Waals surface area contributed by atoms with E-state index >= 15 is 0 Å². The summed E-state index contributed by atoms with van der Waals surface area (Å²) in [5.41, 5.74) is 1.21. The summed E-state index contributed by atoms with van der Waals surface area (Å²) in [6.07, 6.45) is -1.38. The van der Waals surface area contributed by atoms with Crippen LogP contribution in [0.5, 0.6) is 0 Å². The third-order valence-corrected chi connectivity index (χ3v) is 2.32. The van der Waals surface area contributed by atoms with Crippen LogP contribution < -0.4 is 0 Å². The van der Waals surface area contributed by atoms with Crippen molar-refractivity contribution in [1.29, 1.82) is 0 Å². The third-order valence-electron chi connectivity index (χ3n) is 2.32. The minimum Gasteiger partial charge on any atom is -0.479 e. The molecule has 1 aromatic rings. The molecule has 0 aromatic heterocycles. The van der Waals surface area contributed by atoms with Gasteiger partial charge in [0.25, 0.3) is 5.91 Å². The van der Waals surface area contributed by atoms with Crippen LogP contribution in [0.25, 0.3) is 0 Å². The maximum atomic E-state index is 11.6. The van der Waals surface area contributed by atoms with Gasteiger partial charge in [0.05, 0.1) is 0 Å². The minimum atomic E-state index is -1.41. The number of amides is 1. The monoisotopic (exact) mass is 237 g/mol. The molecule has 0 saturated heterocycles. The van der Waals surface area contributed by atoms with E-state index < -0.39 is 12.1 Å². The number of carboxylic acids is 1. The molecule has 0 spiro atoms. The SMILES string of the molecule is CN(C)C(=O)c1ccc(CC(O)C(=O)O)cc1. The van der Waals surface area contributed by atoms with Gasteiger partial charge in [0, 0.05) is 26.1 Å². The molecule has 0 bridgehead atoms. The predicted molar refractivity (Wildman–Crippen MR) is 61.8 cm³/mol. The number of aliphatic hydroxyl groups is 1. The molecular weight excluding hydrogens is 222 g/mol. The summed E-state index contributed by atoms with van der Waals surface area (Å²) in [5, 5.41) is 17.7. The predicted octanol–water partition coefficient (Wildman–Crippen LogP) is 0.376. The Morgan fingerprint density at radius 2 is 1.76 bits per heavy atom. The summed E-state index contributed by atoms with van der Waals surface area (Å²) in [6, 6.07) is 6.52. The van der Waals surface area contributed by atoms with Crippen molar-refractivity contribution >= 4 is 11.9 Å². The lowest BCUT2D eigenvalue weighted by atomic mass is 10.1. The van der Waals surface area contributed by atoms with E-state index in [0.29, 0.717) is 11.1 Å². The lowest BCUT2D eigenvalue weighted by Gasteiger charge is -2.11. The average molecular weight is 237 g/mol. The Bertz CT molecular complexity index is 411. The van der Waals surface area contributed by atoms with E-state index in [9.17, 15) is 14.7 Å². The van der Waals surface area contributed by atoms with Crippen LogP contribution in [0.15, 0.2) is 24.3 Å². The zero-order valence-electron chi connectivity index (χ0n) is 9.75. The highest BCUT2D eigenvalue weighted by molar-refractivity contribution is 5.93. The Labute approximate surface area is 99.3 Å². The van der Waals surface area contributed by atoms with Crippen LogP contribution in [0.1, 0.15) is 15.9 Å². The zero-order chi connectivity index (χ0) is 13.0. The van der Waals surface area contributed by atoms with Crippen molar-refractivity contribution in [3.63, 3.8) is 0 Å². The maximum absolute atomic E-state index is 11.6. The van der Waals surface area contributed by atoms with Crippen LogP contribution in [-0.2, 0) is 11.2 Å². The topological polar surface area (TPSA) is 77.8 Å². The van der Waals surface area contributed by atoms with Gasteiger partial charge in [-0.25, -0.2) is 4.79 Å². The molecule has 17 heavy (non-hydrogen) atoms. The van der Waals surface area contributed by atoms with Gasteiger partial charge in [-0.15, -0.1) is 0 Å². The average Bonchev–Trinajstić information content (AvgIpc) is 2.28. The first-order valence-corrected chi connectivity index (χ1v) is 5.13. The molecule has 5 heteroatoms. The number of nitrogens with zero attached hydrogens (tertiary/aromatic N) is 1. The summed E-state index contributed by atoms with van der Waals surface area (Å²) in [7, 11) is 3.31. The highest BCUT2D eigenvalue weighted by Crippen LogP contribution is 2.08. The van der Waals surface area contributed by atoms with Crippen LogP contribution in [-0.4, -0.2) is 47.2 Å². The molecule has 5 nitrogen and oxygen atoms in total. The van der Waals surface area contributed by atoms with Crippen LogP contribution in [0.3, 0.4) is 0 Å². The lowest BCUT2D eigenvalue weighted by molar-refractivity contribution is -0.146. The molecule has 1 rings (SSSR count). The quantitative estimate of drug-likeness (QED) is 0.793. The number of hydrogen-bond acceptors (Lipinski definition) is 3. The first-order chi connectivity index (χ1) is 7.91. The van der Waals surface area contributed by atoms with Crippen LogP contribution in [0.4, 0.5) is 0 Å². The largest absolute Gasteiger partial charge is 0.479 e. The molecule has 0 aliphatic carbocycles. The van der Waals surface area contributed by atoms with Crippen LogP contribution in [0.2, 0.25) is 0 Å². The number of hydrogen-bond donors (Lipinski definition) is 2. The molecule has 0 fully saturated rings.